The van der Waals surface area contributed by atoms with Crippen LogP contribution in [0, 0.1) is 0 Å². The Morgan fingerprint density at radius 3 is 2.58 bits per heavy atom. The summed E-state index contributed by atoms with van der Waals surface area (Å²) < 4.78 is 7.70. The van der Waals surface area contributed by atoms with E-state index < -0.39 is 0 Å². The number of fused-ring (bicyclic) bond motifs is 3. The first-order valence-corrected chi connectivity index (χ1v) is 7.97. The highest BCUT2D eigenvalue weighted by Gasteiger charge is 2.12. The van der Waals surface area contributed by atoms with Gasteiger partial charge in [-0.3, -0.25) is 4.79 Å². The number of aldehydes is 1. The predicted molar refractivity (Wildman–Crippen MR) is 95.3 cm³/mol. The van der Waals surface area contributed by atoms with Gasteiger partial charge in [-0.25, -0.2) is 0 Å². The Bertz CT molecular complexity index is 925. The number of carbonyl (C=O) groups is 1. The molecule has 124 valence electrons. The molecule has 1 aromatic heterocycles. The zero-order valence-electron chi connectivity index (χ0n) is 13.8. The van der Waals surface area contributed by atoms with Crippen LogP contribution in [0.25, 0.3) is 21.8 Å². The molecule has 24 heavy (non-hydrogen) atoms. The minimum Gasteiger partial charge on any atom is -0.411 e. The first kappa shape index (κ1) is 16.2. The molecule has 0 unspecified atom stereocenters. The van der Waals surface area contributed by atoms with Gasteiger partial charge in [0.2, 0.25) is 0 Å². The summed E-state index contributed by atoms with van der Waals surface area (Å²) in [6.45, 7) is 5.78. The molecule has 3 aromatic rings. The summed E-state index contributed by atoms with van der Waals surface area (Å²) in [4.78, 5) is 11.1. The number of benzene rings is 2. The van der Waals surface area contributed by atoms with Crippen LogP contribution in [0.3, 0.4) is 0 Å². The smallest absolute Gasteiger partial charge is 0.150 e. The molecule has 1 N–H and O–H groups in total. The van der Waals surface area contributed by atoms with Crippen LogP contribution >= 0.6 is 0 Å². The van der Waals surface area contributed by atoms with E-state index in [-0.39, 0.29) is 0 Å². The second kappa shape index (κ2) is 6.84. The van der Waals surface area contributed by atoms with Crippen LogP contribution in [-0.4, -0.2) is 35.0 Å². The molecule has 0 aliphatic heterocycles. The van der Waals surface area contributed by atoms with Gasteiger partial charge in [-0.1, -0.05) is 11.2 Å². The van der Waals surface area contributed by atoms with Crippen LogP contribution < -0.4 is 0 Å². The first-order valence-electron chi connectivity index (χ1n) is 7.97. The van der Waals surface area contributed by atoms with E-state index in [4.69, 9.17) is 9.94 Å². The van der Waals surface area contributed by atoms with Gasteiger partial charge in [-0.05, 0) is 49.7 Å². The van der Waals surface area contributed by atoms with Crippen molar-refractivity contribution in [2.45, 2.75) is 20.4 Å². The minimum atomic E-state index is 0.554. The summed E-state index contributed by atoms with van der Waals surface area (Å²) in [6, 6.07) is 11.7. The molecule has 0 bridgehead atoms. The van der Waals surface area contributed by atoms with Crippen molar-refractivity contribution in [3.8, 4) is 0 Å². The molecule has 0 spiro atoms. The minimum absolute atomic E-state index is 0.554. The van der Waals surface area contributed by atoms with Gasteiger partial charge >= 0.3 is 0 Å². The fourth-order valence-electron chi connectivity index (χ4n) is 3.02. The maximum Gasteiger partial charge on any atom is 0.150 e. The Labute approximate surface area is 140 Å². The summed E-state index contributed by atoms with van der Waals surface area (Å²) in [6.07, 6.45) is 0.854. The largest absolute Gasteiger partial charge is 0.411 e. The van der Waals surface area contributed by atoms with Crippen LogP contribution in [0.5, 0.6) is 0 Å². The fourth-order valence-corrected chi connectivity index (χ4v) is 3.02. The van der Waals surface area contributed by atoms with E-state index in [0.717, 1.165) is 40.2 Å². The lowest BCUT2D eigenvalue weighted by molar-refractivity contribution is 0.112. The topological polar surface area (TPSA) is 63.8 Å². The molecule has 0 atom stereocenters. The van der Waals surface area contributed by atoms with Gasteiger partial charge in [0.05, 0.1) is 12.3 Å². The zero-order chi connectivity index (χ0) is 17.1. The van der Waals surface area contributed by atoms with Crippen LogP contribution in [0.1, 0.15) is 29.8 Å². The Morgan fingerprint density at radius 2 is 1.92 bits per heavy atom. The number of oxime groups is 1. The van der Waals surface area contributed by atoms with Crippen molar-refractivity contribution >= 4 is 33.8 Å². The molecule has 0 aliphatic carbocycles. The fraction of sp³-hybridized carbons (Fsp3) is 0.263. The Kier molecular flexibility index (Phi) is 4.62. The number of rotatable bonds is 6. The third-order valence-electron chi connectivity index (χ3n) is 4.26. The van der Waals surface area contributed by atoms with E-state index in [1.807, 2.05) is 43.3 Å². The molecule has 5 heteroatoms. The van der Waals surface area contributed by atoms with Gasteiger partial charge in [0.25, 0.3) is 0 Å². The monoisotopic (exact) mass is 324 g/mol. The van der Waals surface area contributed by atoms with Crippen molar-refractivity contribution < 1.29 is 14.7 Å². The van der Waals surface area contributed by atoms with Crippen LogP contribution in [0.2, 0.25) is 0 Å². The Balaban J connectivity index is 2.25. The van der Waals surface area contributed by atoms with E-state index in [1.54, 1.807) is 6.92 Å². The second-order valence-corrected chi connectivity index (χ2v) is 5.66. The van der Waals surface area contributed by atoms with Crippen molar-refractivity contribution in [3.05, 3.63) is 47.5 Å². The van der Waals surface area contributed by atoms with Gasteiger partial charge in [-0.15, -0.1) is 0 Å². The summed E-state index contributed by atoms with van der Waals surface area (Å²) in [7, 11) is 0. The van der Waals surface area contributed by atoms with Gasteiger partial charge in [-0.2, -0.15) is 0 Å². The first-order chi connectivity index (χ1) is 11.7. The van der Waals surface area contributed by atoms with E-state index in [9.17, 15) is 4.79 Å². The van der Waals surface area contributed by atoms with Crippen molar-refractivity contribution in [1.29, 1.82) is 0 Å². The third kappa shape index (κ3) is 2.78. The summed E-state index contributed by atoms with van der Waals surface area (Å²) in [5.41, 5.74) is 4.18. The van der Waals surface area contributed by atoms with E-state index in [1.165, 1.54) is 0 Å². The number of carbonyl (C=O) groups excluding carboxylic acids is 1. The van der Waals surface area contributed by atoms with Gasteiger partial charge in [0, 0.05) is 40.5 Å². The van der Waals surface area contributed by atoms with Gasteiger partial charge < -0.3 is 14.5 Å². The van der Waals surface area contributed by atoms with E-state index in [0.29, 0.717) is 24.5 Å². The van der Waals surface area contributed by atoms with Gasteiger partial charge in [0.1, 0.15) is 6.29 Å². The number of ether oxygens (including phenoxy) is 1. The molecule has 0 amide bonds. The Hall–Kier alpha value is -2.66. The maximum atomic E-state index is 11.1. The van der Waals surface area contributed by atoms with E-state index in [2.05, 4.69) is 9.72 Å². The molecule has 0 saturated carbocycles. The lowest BCUT2D eigenvalue weighted by Gasteiger charge is -2.08. The van der Waals surface area contributed by atoms with Crippen LogP contribution in [-0.2, 0) is 11.3 Å². The van der Waals surface area contributed by atoms with Gasteiger partial charge in [0.15, 0.2) is 0 Å². The number of hydrogen-bond donors (Lipinski definition) is 1. The molecule has 0 fully saturated rings. The molecule has 1 heterocycles. The quantitative estimate of drug-likeness (QED) is 0.246. The molecule has 2 aromatic carbocycles. The highest BCUT2D eigenvalue weighted by molar-refractivity contribution is 6.12. The molecule has 0 radical (unpaired) electrons. The molecule has 3 rings (SSSR count). The lowest BCUT2D eigenvalue weighted by Crippen LogP contribution is -2.05. The normalized spacial score (nSPS) is 12.2. The number of nitrogens with zero attached hydrogens (tertiary/aromatic N) is 2. The highest BCUT2D eigenvalue weighted by atomic mass is 16.5. The molecule has 0 saturated heterocycles. The summed E-state index contributed by atoms with van der Waals surface area (Å²) >= 11 is 0. The zero-order valence-corrected chi connectivity index (χ0v) is 13.8. The molecular weight excluding hydrogens is 304 g/mol. The van der Waals surface area contributed by atoms with Crippen molar-refractivity contribution in [2.24, 2.45) is 5.16 Å². The van der Waals surface area contributed by atoms with Crippen LogP contribution in [0.15, 0.2) is 41.6 Å². The molecule has 5 nitrogen and oxygen atoms in total. The second-order valence-electron chi connectivity index (χ2n) is 5.66. The van der Waals surface area contributed by atoms with Crippen molar-refractivity contribution in [3.63, 3.8) is 0 Å². The summed E-state index contributed by atoms with van der Waals surface area (Å²) in [5, 5.41) is 14.4. The van der Waals surface area contributed by atoms with E-state index >= 15 is 0 Å². The standard InChI is InChI=1S/C19H20N2O3/c1-3-24-9-8-21-18-6-4-14(12-22)10-16(18)17-11-15(13(2)20-23)5-7-19(17)21/h4-7,10-12,23H,3,8-9H2,1-2H3/b20-13+. The number of aromatic nitrogens is 1. The number of hydrogen-bond acceptors (Lipinski definition) is 4. The third-order valence-corrected chi connectivity index (χ3v) is 4.26. The molecule has 0 aliphatic rings. The SMILES string of the molecule is CCOCCn1c2ccc(C=O)cc2c2cc(/C(C)=N/O)ccc21. The van der Waals surface area contributed by atoms with Crippen molar-refractivity contribution in [2.75, 3.05) is 13.2 Å². The predicted octanol–water partition coefficient (Wildman–Crippen LogP) is 3.84. The van der Waals surface area contributed by atoms with Crippen LogP contribution in [0.4, 0.5) is 0 Å². The maximum absolute atomic E-state index is 11.1. The lowest BCUT2D eigenvalue weighted by atomic mass is 10.1. The van der Waals surface area contributed by atoms with Crippen molar-refractivity contribution in [1.82, 2.24) is 4.57 Å². The average molecular weight is 324 g/mol. The Morgan fingerprint density at radius 1 is 1.21 bits per heavy atom. The average Bonchev–Trinajstić information content (AvgIpc) is 2.93. The highest BCUT2D eigenvalue weighted by Crippen LogP contribution is 2.30. The summed E-state index contributed by atoms with van der Waals surface area (Å²) in [5.74, 6) is 0. The molecular formula is C19H20N2O3.